The van der Waals surface area contributed by atoms with E-state index in [4.69, 9.17) is 10.5 Å². The molecule has 0 aliphatic rings. The molecule has 0 spiro atoms. The summed E-state index contributed by atoms with van der Waals surface area (Å²) < 4.78 is 43.4. The Morgan fingerprint density at radius 1 is 1.35 bits per heavy atom. The van der Waals surface area contributed by atoms with Crippen LogP contribution in [0.1, 0.15) is 36.9 Å². The van der Waals surface area contributed by atoms with Crippen molar-refractivity contribution in [2.75, 3.05) is 7.11 Å². The second kappa shape index (κ2) is 5.40. The van der Waals surface area contributed by atoms with Crippen molar-refractivity contribution >= 4 is 0 Å². The van der Waals surface area contributed by atoms with Crippen LogP contribution in [0.3, 0.4) is 0 Å². The summed E-state index contributed by atoms with van der Waals surface area (Å²) in [5.41, 5.74) is 5.17. The van der Waals surface area contributed by atoms with Crippen molar-refractivity contribution in [1.82, 2.24) is 0 Å². The highest BCUT2D eigenvalue weighted by molar-refractivity contribution is 5.39. The molecular weight excluding hydrogens is 231 g/mol. The fourth-order valence-electron chi connectivity index (χ4n) is 1.70. The van der Waals surface area contributed by atoms with Gasteiger partial charge in [0.25, 0.3) is 0 Å². The van der Waals surface area contributed by atoms with Crippen molar-refractivity contribution in [3.63, 3.8) is 0 Å². The summed E-state index contributed by atoms with van der Waals surface area (Å²) >= 11 is 0. The van der Waals surface area contributed by atoms with Crippen molar-refractivity contribution in [3.05, 3.63) is 29.3 Å². The van der Waals surface area contributed by atoms with Crippen LogP contribution in [-0.2, 0) is 6.18 Å². The minimum Gasteiger partial charge on any atom is -0.497 e. The largest absolute Gasteiger partial charge is 0.497 e. The van der Waals surface area contributed by atoms with Crippen molar-refractivity contribution in [2.24, 2.45) is 5.73 Å². The van der Waals surface area contributed by atoms with Crippen LogP contribution in [-0.4, -0.2) is 7.11 Å². The first-order chi connectivity index (χ1) is 7.90. The molecule has 0 amide bonds. The molecule has 0 saturated heterocycles. The van der Waals surface area contributed by atoms with Crippen LogP contribution >= 0.6 is 0 Å². The number of alkyl halides is 3. The summed E-state index contributed by atoms with van der Waals surface area (Å²) in [6, 6.07) is 3.29. The van der Waals surface area contributed by atoms with Crippen LogP contribution in [0.4, 0.5) is 13.2 Å². The lowest BCUT2D eigenvalue weighted by molar-refractivity contribution is -0.138. The molecule has 0 radical (unpaired) electrons. The molecule has 0 fully saturated rings. The number of ether oxygens (including phenoxy) is 1. The lowest BCUT2D eigenvalue weighted by Crippen LogP contribution is -2.17. The van der Waals surface area contributed by atoms with E-state index in [1.165, 1.54) is 19.2 Å². The number of hydrogen-bond acceptors (Lipinski definition) is 2. The van der Waals surface area contributed by atoms with Gasteiger partial charge in [0, 0.05) is 6.04 Å². The summed E-state index contributed by atoms with van der Waals surface area (Å²) in [5.74, 6) is 0.185. The standard InChI is InChI=1S/C12H16F3NO/c1-3-4-11(16)9-6-5-8(17-2)7-10(9)12(13,14)15/h5-7,11H,3-4,16H2,1-2H3/t11-/m0/s1. The molecule has 5 heteroatoms. The van der Waals surface area contributed by atoms with Gasteiger partial charge in [-0.2, -0.15) is 13.2 Å². The number of hydrogen-bond donors (Lipinski definition) is 1. The Labute approximate surface area is 98.6 Å². The summed E-state index contributed by atoms with van der Waals surface area (Å²) in [6.45, 7) is 1.89. The SMILES string of the molecule is CCC[C@H](N)c1ccc(OC)cc1C(F)(F)F. The highest BCUT2D eigenvalue weighted by Gasteiger charge is 2.34. The molecule has 17 heavy (non-hydrogen) atoms. The van der Waals surface area contributed by atoms with E-state index in [2.05, 4.69) is 0 Å². The fourth-order valence-corrected chi connectivity index (χ4v) is 1.70. The second-order valence-corrected chi connectivity index (χ2v) is 3.85. The van der Waals surface area contributed by atoms with Gasteiger partial charge in [-0.25, -0.2) is 0 Å². The number of rotatable bonds is 4. The van der Waals surface area contributed by atoms with Gasteiger partial charge in [-0.1, -0.05) is 19.4 Å². The van der Waals surface area contributed by atoms with Gasteiger partial charge in [0.05, 0.1) is 12.7 Å². The van der Waals surface area contributed by atoms with Gasteiger partial charge in [0.1, 0.15) is 5.75 Å². The molecule has 0 heterocycles. The predicted molar refractivity (Wildman–Crippen MR) is 59.8 cm³/mol. The molecule has 1 rings (SSSR count). The number of benzene rings is 1. The van der Waals surface area contributed by atoms with Crippen LogP contribution in [0, 0.1) is 0 Å². The van der Waals surface area contributed by atoms with E-state index in [-0.39, 0.29) is 11.3 Å². The molecule has 0 unspecified atom stereocenters. The Hall–Kier alpha value is -1.23. The van der Waals surface area contributed by atoms with Gasteiger partial charge in [0.15, 0.2) is 0 Å². The van der Waals surface area contributed by atoms with Crippen LogP contribution < -0.4 is 10.5 Å². The molecule has 2 nitrogen and oxygen atoms in total. The molecule has 0 aliphatic heterocycles. The Balaban J connectivity index is 3.20. The van der Waals surface area contributed by atoms with Crippen LogP contribution in [0.5, 0.6) is 5.75 Å². The van der Waals surface area contributed by atoms with Crippen molar-refractivity contribution in [2.45, 2.75) is 32.0 Å². The lowest BCUT2D eigenvalue weighted by atomic mass is 9.97. The zero-order valence-corrected chi connectivity index (χ0v) is 9.84. The van der Waals surface area contributed by atoms with E-state index in [0.717, 1.165) is 12.5 Å². The average Bonchev–Trinajstić information content (AvgIpc) is 2.27. The van der Waals surface area contributed by atoms with Crippen molar-refractivity contribution in [1.29, 1.82) is 0 Å². The average molecular weight is 247 g/mol. The minimum absolute atomic E-state index is 0.125. The van der Waals surface area contributed by atoms with E-state index in [1.54, 1.807) is 0 Å². The van der Waals surface area contributed by atoms with Gasteiger partial charge < -0.3 is 10.5 Å². The molecule has 96 valence electrons. The molecule has 0 saturated carbocycles. The number of methoxy groups -OCH3 is 1. The van der Waals surface area contributed by atoms with Gasteiger partial charge in [-0.05, 0) is 24.1 Å². The highest BCUT2D eigenvalue weighted by Crippen LogP contribution is 2.37. The van der Waals surface area contributed by atoms with Crippen molar-refractivity contribution < 1.29 is 17.9 Å². The fraction of sp³-hybridized carbons (Fsp3) is 0.500. The maximum Gasteiger partial charge on any atom is 0.416 e. The quantitative estimate of drug-likeness (QED) is 0.883. The van der Waals surface area contributed by atoms with Gasteiger partial charge in [0.2, 0.25) is 0 Å². The first-order valence-electron chi connectivity index (χ1n) is 5.40. The maximum atomic E-state index is 12.9. The second-order valence-electron chi connectivity index (χ2n) is 3.85. The third-order valence-corrected chi connectivity index (χ3v) is 2.57. The normalized spacial score (nSPS) is 13.5. The topological polar surface area (TPSA) is 35.2 Å². The van der Waals surface area contributed by atoms with Gasteiger partial charge in [-0.15, -0.1) is 0 Å². The summed E-state index contributed by atoms with van der Waals surface area (Å²) in [7, 11) is 1.33. The first-order valence-corrected chi connectivity index (χ1v) is 5.40. The Kier molecular flexibility index (Phi) is 4.40. The van der Waals surface area contributed by atoms with Crippen LogP contribution in [0.15, 0.2) is 18.2 Å². The monoisotopic (exact) mass is 247 g/mol. The van der Waals surface area contributed by atoms with Crippen molar-refractivity contribution in [3.8, 4) is 5.75 Å². The van der Waals surface area contributed by atoms with Crippen LogP contribution in [0.2, 0.25) is 0 Å². The molecule has 1 atom stereocenters. The molecule has 1 aromatic carbocycles. The molecule has 0 bridgehead atoms. The smallest absolute Gasteiger partial charge is 0.416 e. The summed E-state index contributed by atoms with van der Waals surface area (Å²) in [5, 5.41) is 0. The maximum absolute atomic E-state index is 12.9. The summed E-state index contributed by atoms with van der Waals surface area (Å²) in [4.78, 5) is 0. The molecular formula is C12H16F3NO. The molecule has 2 N–H and O–H groups in total. The van der Waals surface area contributed by atoms with E-state index < -0.39 is 17.8 Å². The number of nitrogens with two attached hydrogens (primary N) is 1. The third kappa shape index (κ3) is 3.36. The zero-order chi connectivity index (χ0) is 13.1. The van der Waals surface area contributed by atoms with E-state index >= 15 is 0 Å². The first kappa shape index (κ1) is 13.8. The zero-order valence-electron chi connectivity index (χ0n) is 9.84. The predicted octanol–water partition coefficient (Wildman–Crippen LogP) is 3.51. The number of halogens is 3. The lowest BCUT2D eigenvalue weighted by Gasteiger charge is -2.18. The van der Waals surface area contributed by atoms with E-state index in [0.29, 0.717) is 6.42 Å². The highest BCUT2D eigenvalue weighted by atomic mass is 19.4. The van der Waals surface area contributed by atoms with Gasteiger partial charge in [-0.3, -0.25) is 0 Å². The minimum atomic E-state index is -4.41. The Morgan fingerprint density at radius 2 is 2.00 bits per heavy atom. The van der Waals surface area contributed by atoms with E-state index in [1.807, 2.05) is 6.92 Å². The Bertz CT molecular complexity index is 377. The third-order valence-electron chi connectivity index (χ3n) is 2.57. The Morgan fingerprint density at radius 3 is 2.47 bits per heavy atom. The molecule has 0 aromatic heterocycles. The molecule has 1 aromatic rings. The molecule has 0 aliphatic carbocycles. The van der Waals surface area contributed by atoms with E-state index in [9.17, 15) is 13.2 Å². The van der Waals surface area contributed by atoms with Gasteiger partial charge >= 0.3 is 6.18 Å². The van der Waals surface area contributed by atoms with Crippen LogP contribution in [0.25, 0.3) is 0 Å². The summed E-state index contributed by atoms with van der Waals surface area (Å²) in [6.07, 6.45) is -3.14.